The third kappa shape index (κ3) is 4.99. The molecule has 1 aliphatic rings. The minimum Gasteiger partial charge on any atom is -0.462 e. The van der Waals surface area contributed by atoms with Gasteiger partial charge in [-0.3, -0.25) is 4.79 Å². The van der Waals surface area contributed by atoms with Crippen molar-refractivity contribution < 1.29 is 27.5 Å². The first-order valence-electron chi connectivity index (χ1n) is 9.29. The van der Waals surface area contributed by atoms with Crippen LogP contribution in [-0.2, 0) is 19.5 Å². The van der Waals surface area contributed by atoms with E-state index in [1.165, 1.54) is 28.6 Å². The normalized spacial score (nSPS) is 14.9. The summed E-state index contributed by atoms with van der Waals surface area (Å²) in [4.78, 5) is 24.6. The Morgan fingerprint density at radius 1 is 1.17 bits per heavy atom. The van der Waals surface area contributed by atoms with Crippen LogP contribution in [0, 0.1) is 0 Å². The Kier molecular flexibility index (Phi) is 7.09. The molecule has 1 saturated heterocycles. The number of carbonyl (C=O) groups is 2. The minimum absolute atomic E-state index is 0.00698. The minimum atomic E-state index is -3.78. The largest absolute Gasteiger partial charge is 0.462 e. The number of sulfonamides is 1. The summed E-state index contributed by atoms with van der Waals surface area (Å²) in [7, 11) is -3.78. The smallest absolute Gasteiger partial charge is 0.338 e. The average Bonchev–Trinajstić information content (AvgIpc) is 2.75. The molecule has 1 aliphatic heterocycles. The van der Waals surface area contributed by atoms with Gasteiger partial charge in [-0.25, -0.2) is 13.2 Å². The maximum Gasteiger partial charge on any atom is 0.338 e. The third-order valence-corrected chi connectivity index (χ3v) is 6.65. The topological polar surface area (TPSA) is 102 Å². The predicted octanol–water partition coefficient (Wildman–Crippen LogP) is 2.79. The van der Waals surface area contributed by atoms with E-state index in [0.717, 1.165) is 0 Å². The van der Waals surface area contributed by atoms with Crippen molar-refractivity contribution in [2.24, 2.45) is 0 Å². The van der Waals surface area contributed by atoms with E-state index < -0.39 is 21.9 Å². The number of carbonyl (C=O) groups excluding carboxylic acids is 2. The number of benzene rings is 2. The van der Waals surface area contributed by atoms with Crippen molar-refractivity contribution in [2.45, 2.75) is 11.8 Å². The Hall–Kier alpha value is -2.46. The summed E-state index contributed by atoms with van der Waals surface area (Å²) < 4.78 is 37.2. The van der Waals surface area contributed by atoms with Crippen LogP contribution < -0.4 is 5.32 Å². The summed E-state index contributed by atoms with van der Waals surface area (Å²) in [5.41, 5.74) is 0.639. The lowest BCUT2D eigenvalue weighted by Crippen LogP contribution is -2.40. The summed E-state index contributed by atoms with van der Waals surface area (Å²) in [5, 5.41) is 2.74. The molecule has 1 fully saturated rings. The number of halogens is 1. The van der Waals surface area contributed by atoms with Crippen molar-refractivity contribution in [2.75, 3.05) is 38.2 Å². The first-order valence-corrected chi connectivity index (χ1v) is 11.1. The number of amides is 1. The molecule has 0 spiro atoms. The van der Waals surface area contributed by atoms with Gasteiger partial charge in [0.25, 0.3) is 5.91 Å². The lowest BCUT2D eigenvalue weighted by Gasteiger charge is -2.26. The molecule has 1 N–H and O–H groups in total. The number of ether oxygens (including phenoxy) is 2. The molecule has 0 saturated carbocycles. The van der Waals surface area contributed by atoms with Gasteiger partial charge < -0.3 is 14.8 Å². The molecule has 2 aromatic rings. The summed E-state index contributed by atoms with van der Waals surface area (Å²) in [6, 6.07) is 10.2. The van der Waals surface area contributed by atoms with Crippen molar-refractivity contribution in [1.82, 2.24) is 4.31 Å². The highest BCUT2D eigenvalue weighted by Crippen LogP contribution is 2.25. The zero-order valence-corrected chi connectivity index (χ0v) is 17.8. The SMILES string of the molecule is CCOC(=O)c1cccc(NC(=O)c2cc(S(=O)(=O)N3CCOCC3)ccc2Cl)c1. The number of hydrogen-bond acceptors (Lipinski definition) is 6. The van der Waals surface area contributed by atoms with E-state index in [1.54, 1.807) is 25.1 Å². The van der Waals surface area contributed by atoms with Gasteiger partial charge in [0.15, 0.2) is 0 Å². The zero-order chi connectivity index (χ0) is 21.7. The molecule has 0 unspecified atom stereocenters. The van der Waals surface area contributed by atoms with E-state index in [0.29, 0.717) is 18.9 Å². The van der Waals surface area contributed by atoms with Crippen molar-refractivity contribution >= 4 is 39.2 Å². The maximum atomic E-state index is 12.9. The van der Waals surface area contributed by atoms with Gasteiger partial charge in [0.1, 0.15) is 0 Å². The number of esters is 1. The summed E-state index contributed by atoms with van der Waals surface area (Å²) in [6.07, 6.45) is 0. The fraction of sp³-hybridized carbons (Fsp3) is 0.300. The molecule has 0 aliphatic carbocycles. The second-order valence-electron chi connectivity index (χ2n) is 6.41. The van der Waals surface area contributed by atoms with Crippen LogP contribution in [0.4, 0.5) is 5.69 Å². The quantitative estimate of drug-likeness (QED) is 0.676. The summed E-state index contributed by atoms with van der Waals surface area (Å²) in [5.74, 6) is -1.11. The molecule has 1 heterocycles. The number of nitrogens with one attached hydrogen (secondary N) is 1. The van der Waals surface area contributed by atoms with Gasteiger partial charge >= 0.3 is 5.97 Å². The number of rotatable bonds is 6. The average molecular weight is 453 g/mol. The molecule has 0 atom stereocenters. The van der Waals surface area contributed by atoms with E-state index in [1.807, 2.05) is 0 Å². The van der Waals surface area contributed by atoms with Crippen LogP contribution in [0.15, 0.2) is 47.4 Å². The Labute approximate surface area is 179 Å². The molecule has 1 amide bonds. The van der Waals surface area contributed by atoms with Crippen LogP contribution in [0.5, 0.6) is 0 Å². The van der Waals surface area contributed by atoms with E-state index in [2.05, 4.69) is 5.32 Å². The van der Waals surface area contributed by atoms with Crippen LogP contribution in [0.2, 0.25) is 5.02 Å². The lowest BCUT2D eigenvalue weighted by atomic mass is 10.1. The monoisotopic (exact) mass is 452 g/mol. The molecule has 30 heavy (non-hydrogen) atoms. The Bertz CT molecular complexity index is 1050. The Balaban J connectivity index is 1.84. The molecule has 10 heteroatoms. The van der Waals surface area contributed by atoms with Gasteiger partial charge in [-0.2, -0.15) is 4.31 Å². The highest BCUT2D eigenvalue weighted by molar-refractivity contribution is 7.89. The number of nitrogens with zero attached hydrogens (tertiary/aromatic N) is 1. The van der Waals surface area contributed by atoms with Gasteiger partial charge in [0, 0.05) is 18.8 Å². The molecule has 0 aromatic heterocycles. The van der Waals surface area contributed by atoms with Crippen LogP contribution in [-0.4, -0.2) is 57.5 Å². The number of morpholine rings is 1. The molecule has 2 aromatic carbocycles. The molecule has 8 nitrogen and oxygen atoms in total. The fourth-order valence-electron chi connectivity index (χ4n) is 2.91. The maximum absolute atomic E-state index is 12.9. The first-order chi connectivity index (χ1) is 14.3. The number of hydrogen-bond donors (Lipinski definition) is 1. The van der Waals surface area contributed by atoms with Crippen molar-refractivity contribution in [3.8, 4) is 0 Å². The van der Waals surface area contributed by atoms with Crippen molar-refractivity contribution in [3.05, 3.63) is 58.6 Å². The van der Waals surface area contributed by atoms with E-state index >= 15 is 0 Å². The Morgan fingerprint density at radius 2 is 1.90 bits per heavy atom. The van der Waals surface area contributed by atoms with E-state index in [9.17, 15) is 18.0 Å². The second-order valence-corrected chi connectivity index (χ2v) is 8.76. The van der Waals surface area contributed by atoms with Crippen LogP contribution in [0.3, 0.4) is 0 Å². The molecular formula is C20H21ClN2O6S. The van der Waals surface area contributed by atoms with E-state index in [4.69, 9.17) is 21.1 Å². The molecule has 3 rings (SSSR count). The van der Waals surface area contributed by atoms with Gasteiger partial charge in [-0.05, 0) is 43.3 Å². The third-order valence-electron chi connectivity index (χ3n) is 4.42. The Morgan fingerprint density at radius 3 is 2.60 bits per heavy atom. The highest BCUT2D eigenvalue weighted by Gasteiger charge is 2.27. The van der Waals surface area contributed by atoms with Crippen LogP contribution in [0.1, 0.15) is 27.6 Å². The summed E-state index contributed by atoms with van der Waals surface area (Å²) >= 11 is 6.15. The van der Waals surface area contributed by atoms with Crippen molar-refractivity contribution in [3.63, 3.8) is 0 Å². The van der Waals surface area contributed by atoms with Gasteiger partial charge in [0.05, 0.1) is 40.9 Å². The molecule has 0 bridgehead atoms. The van der Waals surface area contributed by atoms with E-state index in [-0.39, 0.29) is 40.7 Å². The van der Waals surface area contributed by atoms with Crippen molar-refractivity contribution in [1.29, 1.82) is 0 Å². The van der Waals surface area contributed by atoms with Crippen LogP contribution >= 0.6 is 11.6 Å². The van der Waals surface area contributed by atoms with Crippen LogP contribution in [0.25, 0.3) is 0 Å². The van der Waals surface area contributed by atoms with Gasteiger partial charge in [0.2, 0.25) is 10.0 Å². The number of anilines is 1. The fourth-order valence-corrected chi connectivity index (χ4v) is 4.55. The first kappa shape index (κ1) is 22.2. The summed E-state index contributed by atoms with van der Waals surface area (Å²) in [6.45, 7) is 3.05. The zero-order valence-electron chi connectivity index (χ0n) is 16.3. The molecular weight excluding hydrogens is 432 g/mol. The second kappa shape index (κ2) is 9.57. The predicted molar refractivity (Wildman–Crippen MR) is 111 cm³/mol. The standard InChI is InChI=1S/C20H21ClN2O6S/c1-2-29-20(25)14-4-3-5-15(12-14)22-19(24)17-13-16(6-7-18(17)21)30(26,27)23-8-10-28-11-9-23/h3-7,12-13H,2,8-11H2,1H3,(H,22,24). The highest BCUT2D eigenvalue weighted by atomic mass is 35.5. The van der Waals surface area contributed by atoms with Gasteiger partial charge in [-0.1, -0.05) is 17.7 Å². The lowest BCUT2D eigenvalue weighted by molar-refractivity contribution is 0.0526. The molecule has 0 radical (unpaired) electrons. The van der Waals surface area contributed by atoms with Gasteiger partial charge in [-0.15, -0.1) is 0 Å². The molecule has 160 valence electrons.